The van der Waals surface area contributed by atoms with Crippen LogP contribution in [-0.4, -0.2) is 69.9 Å². The zero-order valence-electron chi connectivity index (χ0n) is 15.9. The SMILES string of the molecule is CC(C)S(=O)(=O)N1CC2(CC(OCc3ccncc3)CS2)C1.O=C(O)C(F)(F)F. The van der Waals surface area contributed by atoms with Crippen molar-refractivity contribution in [3.8, 4) is 0 Å². The number of ether oxygens (including phenoxy) is 1. The number of halogens is 3. The minimum atomic E-state index is -5.08. The summed E-state index contributed by atoms with van der Waals surface area (Å²) in [6.45, 7) is 5.34. The molecule has 1 unspecified atom stereocenters. The number of sulfonamides is 1. The van der Waals surface area contributed by atoms with Crippen molar-refractivity contribution in [2.75, 3.05) is 18.8 Å². The van der Waals surface area contributed by atoms with Crippen LogP contribution in [0.25, 0.3) is 0 Å². The Kier molecular flexibility index (Phi) is 7.57. The Labute approximate surface area is 171 Å². The van der Waals surface area contributed by atoms with E-state index in [0.29, 0.717) is 19.7 Å². The number of rotatable bonds is 5. The molecule has 1 atom stereocenters. The minimum Gasteiger partial charge on any atom is -0.475 e. The average Bonchev–Trinajstić information content (AvgIpc) is 3.04. The second kappa shape index (κ2) is 9.19. The number of carboxylic acid groups (broad SMARTS) is 1. The molecule has 1 spiro atoms. The number of hydrogen-bond acceptors (Lipinski definition) is 6. The zero-order valence-corrected chi connectivity index (χ0v) is 17.6. The van der Waals surface area contributed by atoms with Gasteiger partial charge in [-0.2, -0.15) is 17.5 Å². The van der Waals surface area contributed by atoms with Crippen LogP contribution in [0.5, 0.6) is 0 Å². The lowest BCUT2D eigenvalue weighted by Gasteiger charge is -2.47. The van der Waals surface area contributed by atoms with Crippen molar-refractivity contribution in [1.29, 1.82) is 0 Å². The highest BCUT2D eigenvalue weighted by atomic mass is 32.2. The monoisotopic (exact) mass is 456 g/mol. The Balaban J connectivity index is 0.000000370. The predicted octanol–water partition coefficient (Wildman–Crippen LogP) is 2.53. The third kappa shape index (κ3) is 6.30. The lowest BCUT2D eigenvalue weighted by atomic mass is 9.95. The summed E-state index contributed by atoms with van der Waals surface area (Å²) in [5, 5.41) is 6.79. The van der Waals surface area contributed by atoms with Crippen molar-refractivity contribution in [1.82, 2.24) is 9.29 Å². The predicted molar refractivity (Wildman–Crippen MR) is 102 cm³/mol. The van der Waals surface area contributed by atoms with Crippen LogP contribution in [0.2, 0.25) is 0 Å². The maximum Gasteiger partial charge on any atom is 0.490 e. The van der Waals surface area contributed by atoms with E-state index in [4.69, 9.17) is 14.6 Å². The molecule has 3 heterocycles. The number of pyridine rings is 1. The van der Waals surface area contributed by atoms with Crippen molar-refractivity contribution < 1.29 is 36.2 Å². The van der Waals surface area contributed by atoms with Gasteiger partial charge in [0.05, 0.1) is 18.0 Å². The molecule has 0 amide bonds. The molecule has 0 aliphatic carbocycles. The molecule has 0 bridgehead atoms. The van der Waals surface area contributed by atoms with Gasteiger partial charge in [0.2, 0.25) is 10.0 Å². The Bertz CT molecular complexity index is 797. The van der Waals surface area contributed by atoms with Crippen LogP contribution in [0.15, 0.2) is 24.5 Å². The average molecular weight is 457 g/mol. The highest BCUT2D eigenvalue weighted by Crippen LogP contribution is 2.47. The number of carbonyl (C=O) groups is 1. The molecule has 1 aromatic rings. The van der Waals surface area contributed by atoms with Gasteiger partial charge in [-0.1, -0.05) is 0 Å². The topological polar surface area (TPSA) is 96.8 Å². The van der Waals surface area contributed by atoms with E-state index in [1.165, 1.54) is 0 Å². The lowest BCUT2D eigenvalue weighted by molar-refractivity contribution is -0.192. The van der Waals surface area contributed by atoms with Crippen LogP contribution in [0, 0.1) is 0 Å². The first-order valence-electron chi connectivity index (χ1n) is 8.79. The highest BCUT2D eigenvalue weighted by molar-refractivity contribution is 8.01. The van der Waals surface area contributed by atoms with Gasteiger partial charge in [0, 0.05) is 36.0 Å². The van der Waals surface area contributed by atoms with Crippen molar-refractivity contribution in [3.63, 3.8) is 0 Å². The summed E-state index contributed by atoms with van der Waals surface area (Å²) in [6, 6.07) is 3.91. The van der Waals surface area contributed by atoms with Gasteiger partial charge in [-0.15, -0.1) is 11.8 Å². The van der Waals surface area contributed by atoms with E-state index in [9.17, 15) is 21.6 Å². The Morgan fingerprint density at radius 3 is 2.41 bits per heavy atom. The summed E-state index contributed by atoms with van der Waals surface area (Å²) in [6.07, 6.45) is -0.400. The van der Waals surface area contributed by atoms with E-state index < -0.39 is 22.2 Å². The molecule has 12 heteroatoms. The van der Waals surface area contributed by atoms with Gasteiger partial charge in [0.25, 0.3) is 0 Å². The van der Waals surface area contributed by atoms with Crippen molar-refractivity contribution >= 4 is 27.8 Å². The number of aliphatic carboxylic acids is 1. The van der Waals surface area contributed by atoms with Gasteiger partial charge in [-0.25, -0.2) is 13.2 Å². The molecule has 164 valence electrons. The molecule has 0 saturated carbocycles. The minimum absolute atomic E-state index is 0.0743. The summed E-state index contributed by atoms with van der Waals surface area (Å²) >= 11 is 1.86. The molecular formula is C17H23F3N2O5S2. The fraction of sp³-hybridized carbons (Fsp3) is 0.647. The van der Waals surface area contributed by atoms with Crippen LogP contribution in [0.1, 0.15) is 25.8 Å². The summed E-state index contributed by atoms with van der Waals surface area (Å²) < 4.78 is 63.7. The highest BCUT2D eigenvalue weighted by Gasteiger charge is 2.53. The van der Waals surface area contributed by atoms with Crippen LogP contribution < -0.4 is 0 Å². The summed E-state index contributed by atoms with van der Waals surface area (Å²) in [7, 11) is -3.10. The van der Waals surface area contributed by atoms with Crippen molar-refractivity contribution in [3.05, 3.63) is 30.1 Å². The maximum atomic E-state index is 12.1. The second-order valence-electron chi connectivity index (χ2n) is 7.15. The quantitative estimate of drug-likeness (QED) is 0.727. The van der Waals surface area contributed by atoms with Crippen LogP contribution in [0.4, 0.5) is 13.2 Å². The van der Waals surface area contributed by atoms with E-state index in [0.717, 1.165) is 17.7 Å². The summed E-state index contributed by atoms with van der Waals surface area (Å²) in [4.78, 5) is 12.9. The Morgan fingerprint density at radius 1 is 1.38 bits per heavy atom. The zero-order chi connectivity index (χ0) is 21.9. The summed E-state index contributed by atoms with van der Waals surface area (Å²) in [5.74, 6) is -1.81. The van der Waals surface area contributed by atoms with Gasteiger partial charge in [-0.05, 0) is 38.0 Å². The normalized spacial score (nSPS) is 21.5. The molecule has 2 aliphatic rings. The van der Waals surface area contributed by atoms with Crippen molar-refractivity contribution in [2.45, 2.75) is 49.2 Å². The fourth-order valence-electron chi connectivity index (χ4n) is 2.90. The van der Waals surface area contributed by atoms with Crippen LogP contribution in [-0.2, 0) is 26.2 Å². The van der Waals surface area contributed by atoms with Crippen LogP contribution >= 0.6 is 11.8 Å². The fourth-order valence-corrected chi connectivity index (χ4v) is 6.06. The molecule has 3 rings (SSSR count). The second-order valence-corrected chi connectivity index (χ2v) is 11.1. The lowest BCUT2D eigenvalue weighted by Crippen LogP contribution is -2.61. The van der Waals surface area contributed by atoms with Gasteiger partial charge >= 0.3 is 12.1 Å². The molecule has 2 fully saturated rings. The van der Waals surface area contributed by atoms with E-state index >= 15 is 0 Å². The largest absolute Gasteiger partial charge is 0.490 e. The number of hydrogen-bond donors (Lipinski definition) is 1. The molecule has 0 aromatic carbocycles. The van der Waals surface area contributed by atoms with Gasteiger partial charge < -0.3 is 9.84 Å². The van der Waals surface area contributed by atoms with E-state index in [1.807, 2.05) is 23.9 Å². The first kappa shape index (κ1) is 23.9. The van der Waals surface area contributed by atoms with Crippen LogP contribution in [0.3, 0.4) is 0 Å². The first-order valence-corrected chi connectivity index (χ1v) is 11.3. The smallest absolute Gasteiger partial charge is 0.475 e. The molecule has 2 aliphatic heterocycles. The molecule has 1 aromatic heterocycles. The summed E-state index contributed by atoms with van der Waals surface area (Å²) in [5.41, 5.74) is 1.12. The van der Waals surface area contributed by atoms with E-state index in [-0.39, 0.29) is 16.1 Å². The Hall–Kier alpha value is -1.37. The van der Waals surface area contributed by atoms with Crippen molar-refractivity contribution in [2.24, 2.45) is 0 Å². The molecule has 0 radical (unpaired) electrons. The molecule has 2 saturated heterocycles. The molecular weight excluding hydrogens is 433 g/mol. The molecule has 1 N–H and O–H groups in total. The number of aromatic nitrogens is 1. The first-order chi connectivity index (χ1) is 13.4. The Morgan fingerprint density at radius 2 is 1.93 bits per heavy atom. The molecule has 7 nitrogen and oxygen atoms in total. The number of alkyl halides is 3. The maximum absolute atomic E-state index is 12.1. The van der Waals surface area contributed by atoms with E-state index in [1.54, 1.807) is 30.5 Å². The molecule has 29 heavy (non-hydrogen) atoms. The number of nitrogens with zero attached hydrogens (tertiary/aromatic N) is 2. The van der Waals surface area contributed by atoms with Gasteiger partial charge in [0.15, 0.2) is 0 Å². The van der Waals surface area contributed by atoms with Gasteiger partial charge in [-0.3, -0.25) is 4.98 Å². The number of carboxylic acids is 1. The third-order valence-corrected chi connectivity index (χ3v) is 8.28. The van der Waals surface area contributed by atoms with Gasteiger partial charge in [0.1, 0.15) is 0 Å². The standard InChI is InChI=1S/C15H22N2O3S2.C2HF3O2/c1-12(2)22(18,19)17-10-15(11-17)7-14(9-21-15)20-8-13-3-5-16-6-4-13;3-2(4,5)1(6)7/h3-6,12,14H,7-11H2,1-2H3;(H,6,7). The van der Waals surface area contributed by atoms with E-state index in [2.05, 4.69) is 4.98 Å². The third-order valence-electron chi connectivity index (χ3n) is 4.54. The number of thioether (sulfide) groups is 1.